The molecule has 2 rings (SSSR count). The van der Waals surface area contributed by atoms with Crippen molar-refractivity contribution in [1.29, 1.82) is 0 Å². The minimum atomic E-state index is -0.548. The van der Waals surface area contributed by atoms with E-state index in [1.807, 2.05) is 4.90 Å². The van der Waals surface area contributed by atoms with Crippen molar-refractivity contribution in [3.63, 3.8) is 0 Å². The van der Waals surface area contributed by atoms with Crippen LogP contribution in [0.15, 0.2) is 0 Å². The van der Waals surface area contributed by atoms with Crippen LogP contribution in [0.1, 0.15) is 65.7 Å². The van der Waals surface area contributed by atoms with Crippen molar-refractivity contribution in [2.75, 3.05) is 32.7 Å². The Morgan fingerprint density at radius 2 is 1.52 bits per heavy atom. The molecule has 1 aliphatic heterocycles. The molecule has 7 nitrogen and oxygen atoms in total. The molecule has 0 unspecified atom stereocenters. The molecule has 0 aromatic rings. The second-order valence-corrected chi connectivity index (χ2v) is 8.65. The third kappa shape index (κ3) is 7.77. The molecule has 2 aliphatic rings. The van der Waals surface area contributed by atoms with Crippen LogP contribution < -0.4 is 5.32 Å². The molecule has 1 aliphatic carbocycles. The van der Waals surface area contributed by atoms with E-state index >= 15 is 0 Å². The highest BCUT2D eigenvalue weighted by Crippen LogP contribution is 2.28. The van der Waals surface area contributed by atoms with Crippen LogP contribution in [0, 0.1) is 5.92 Å². The number of amides is 3. The quantitative estimate of drug-likeness (QED) is 0.794. The molecular weight excluding hydrogens is 346 g/mol. The lowest BCUT2D eigenvalue weighted by Gasteiger charge is -2.23. The highest BCUT2D eigenvalue weighted by Gasteiger charge is 2.25. The number of hydrogen-bond donors (Lipinski definition) is 1. The van der Waals surface area contributed by atoms with Crippen molar-refractivity contribution < 1.29 is 19.1 Å². The van der Waals surface area contributed by atoms with E-state index in [9.17, 15) is 14.4 Å². The van der Waals surface area contributed by atoms with Gasteiger partial charge in [0.25, 0.3) is 0 Å². The van der Waals surface area contributed by atoms with E-state index in [0.717, 1.165) is 13.0 Å². The van der Waals surface area contributed by atoms with Crippen molar-refractivity contribution in [2.45, 2.75) is 71.3 Å². The first kappa shape index (κ1) is 21.5. The molecule has 1 saturated carbocycles. The molecule has 2 fully saturated rings. The van der Waals surface area contributed by atoms with Crippen LogP contribution in [-0.2, 0) is 14.3 Å². The van der Waals surface area contributed by atoms with Crippen molar-refractivity contribution in [2.24, 2.45) is 5.92 Å². The first-order valence-electron chi connectivity index (χ1n) is 10.3. The normalized spacial score (nSPS) is 18.9. The highest BCUT2D eigenvalue weighted by atomic mass is 16.6. The summed E-state index contributed by atoms with van der Waals surface area (Å²) in [7, 11) is 0. The van der Waals surface area contributed by atoms with Crippen LogP contribution in [0.3, 0.4) is 0 Å². The van der Waals surface area contributed by atoms with Gasteiger partial charge in [0.05, 0.1) is 0 Å². The lowest BCUT2D eigenvalue weighted by molar-refractivity contribution is -0.134. The van der Waals surface area contributed by atoms with Gasteiger partial charge in [-0.2, -0.15) is 0 Å². The maximum absolute atomic E-state index is 12.5. The minimum absolute atomic E-state index is 0.0103. The van der Waals surface area contributed by atoms with Crippen molar-refractivity contribution in [3.05, 3.63) is 0 Å². The van der Waals surface area contributed by atoms with Crippen molar-refractivity contribution >= 4 is 17.9 Å². The van der Waals surface area contributed by atoms with Crippen LogP contribution in [0.2, 0.25) is 0 Å². The van der Waals surface area contributed by atoms with Gasteiger partial charge in [0, 0.05) is 45.6 Å². The van der Waals surface area contributed by atoms with E-state index in [4.69, 9.17) is 4.74 Å². The summed E-state index contributed by atoms with van der Waals surface area (Å²) < 4.78 is 5.16. The Morgan fingerprint density at radius 1 is 0.926 bits per heavy atom. The van der Waals surface area contributed by atoms with Gasteiger partial charge in [-0.15, -0.1) is 0 Å². The van der Waals surface area contributed by atoms with E-state index in [-0.39, 0.29) is 24.8 Å². The zero-order valence-corrected chi connectivity index (χ0v) is 17.1. The fraction of sp³-hybridized carbons (Fsp3) is 0.850. The largest absolute Gasteiger partial charge is 0.444 e. The second-order valence-electron chi connectivity index (χ2n) is 8.65. The van der Waals surface area contributed by atoms with Gasteiger partial charge in [-0.05, 0) is 46.0 Å². The van der Waals surface area contributed by atoms with Crippen LogP contribution in [-0.4, -0.2) is 66.0 Å². The maximum Gasteiger partial charge on any atom is 0.407 e. The topological polar surface area (TPSA) is 79.0 Å². The molecule has 0 radical (unpaired) electrons. The first-order valence-corrected chi connectivity index (χ1v) is 10.3. The SMILES string of the molecule is CC(C)(C)OC(=O)NCCC(=O)N1CCCN(C(=O)CC2CCCC2)CC1. The summed E-state index contributed by atoms with van der Waals surface area (Å²) in [5.74, 6) is 0.802. The lowest BCUT2D eigenvalue weighted by atomic mass is 10.0. The van der Waals surface area contributed by atoms with Gasteiger partial charge in [-0.25, -0.2) is 4.79 Å². The monoisotopic (exact) mass is 381 g/mol. The molecule has 3 amide bonds. The van der Waals surface area contributed by atoms with Crippen LogP contribution in [0.4, 0.5) is 4.79 Å². The summed E-state index contributed by atoms with van der Waals surface area (Å²) in [6.07, 6.45) is 6.05. The van der Waals surface area contributed by atoms with Crippen LogP contribution in [0.25, 0.3) is 0 Å². The third-order valence-corrected chi connectivity index (χ3v) is 5.15. The first-order chi connectivity index (χ1) is 12.7. The average molecular weight is 382 g/mol. The molecule has 27 heavy (non-hydrogen) atoms. The zero-order chi connectivity index (χ0) is 19.9. The number of ether oxygens (including phenoxy) is 1. The van der Waals surface area contributed by atoms with E-state index in [0.29, 0.717) is 32.0 Å². The number of hydrogen-bond acceptors (Lipinski definition) is 4. The Bertz CT molecular complexity index is 524. The van der Waals surface area contributed by atoms with Gasteiger partial charge >= 0.3 is 6.09 Å². The molecule has 0 bridgehead atoms. The van der Waals surface area contributed by atoms with E-state index in [1.165, 1.54) is 25.7 Å². The molecule has 0 aromatic heterocycles. The molecule has 1 heterocycles. The number of nitrogens with zero attached hydrogens (tertiary/aromatic N) is 2. The Kier molecular flexibility index (Phi) is 7.92. The van der Waals surface area contributed by atoms with Gasteiger partial charge in [0.2, 0.25) is 11.8 Å². The summed E-state index contributed by atoms with van der Waals surface area (Å²) in [4.78, 5) is 40.3. The van der Waals surface area contributed by atoms with E-state index < -0.39 is 11.7 Å². The second kappa shape index (κ2) is 9.95. The third-order valence-electron chi connectivity index (χ3n) is 5.15. The van der Waals surface area contributed by atoms with Crippen LogP contribution in [0.5, 0.6) is 0 Å². The molecule has 0 aromatic carbocycles. The molecule has 154 valence electrons. The molecular formula is C20H35N3O4. The van der Waals surface area contributed by atoms with E-state index in [1.54, 1.807) is 25.7 Å². The van der Waals surface area contributed by atoms with Crippen molar-refractivity contribution in [3.8, 4) is 0 Å². The highest BCUT2D eigenvalue weighted by molar-refractivity contribution is 5.78. The molecule has 1 N–H and O–H groups in total. The Balaban J connectivity index is 1.69. The van der Waals surface area contributed by atoms with Crippen LogP contribution >= 0.6 is 0 Å². The van der Waals surface area contributed by atoms with Gasteiger partial charge in [-0.1, -0.05) is 12.8 Å². The summed E-state index contributed by atoms with van der Waals surface area (Å²) in [5.41, 5.74) is -0.548. The lowest BCUT2D eigenvalue weighted by Crippen LogP contribution is -2.39. The van der Waals surface area contributed by atoms with Gasteiger partial charge < -0.3 is 19.9 Å². The average Bonchev–Trinajstić information content (AvgIpc) is 2.94. The molecule has 7 heteroatoms. The number of nitrogens with one attached hydrogen (secondary N) is 1. The van der Waals surface area contributed by atoms with Crippen molar-refractivity contribution in [1.82, 2.24) is 15.1 Å². The predicted octanol–water partition coefficient (Wildman–Crippen LogP) is 2.54. The maximum atomic E-state index is 12.5. The smallest absolute Gasteiger partial charge is 0.407 e. The Morgan fingerprint density at radius 3 is 2.11 bits per heavy atom. The zero-order valence-electron chi connectivity index (χ0n) is 17.1. The Hall–Kier alpha value is -1.79. The standard InChI is InChI=1S/C20H35N3O4/c1-20(2,3)27-19(26)21-10-9-17(24)22-11-6-12-23(14-13-22)18(25)15-16-7-4-5-8-16/h16H,4-15H2,1-3H3,(H,21,26). The number of carbonyl (C=O) groups excluding carboxylic acids is 3. The summed E-state index contributed by atoms with van der Waals surface area (Å²) in [5, 5.41) is 2.62. The predicted molar refractivity (Wildman–Crippen MR) is 103 cm³/mol. The van der Waals surface area contributed by atoms with Gasteiger partial charge in [0.15, 0.2) is 0 Å². The van der Waals surface area contributed by atoms with E-state index in [2.05, 4.69) is 5.32 Å². The molecule has 0 atom stereocenters. The number of rotatable bonds is 5. The summed E-state index contributed by atoms with van der Waals surface area (Å²) in [6.45, 7) is 8.23. The van der Waals surface area contributed by atoms with Gasteiger partial charge in [0.1, 0.15) is 5.60 Å². The Labute approximate surface area is 162 Å². The fourth-order valence-corrected chi connectivity index (χ4v) is 3.75. The summed E-state index contributed by atoms with van der Waals surface area (Å²) >= 11 is 0. The summed E-state index contributed by atoms with van der Waals surface area (Å²) in [6, 6.07) is 0. The minimum Gasteiger partial charge on any atom is -0.444 e. The van der Waals surface area contributed by atoms with Gasteiger partial charge in [-0.3, -0.25) is 9.59 Å². The fourth-order valence-electron chi connectivity index (χ4n) is 3.75. The molecule has 0 spiro atoms. The number of alkyl carbamates (subject to hydrolysis) is 1. The molecule has 1 saturated heterocycles. The number of carbonyl (C=O) groups is 3.